The first kappa shape index (κ1) is 40.7. The topological polar surface area (TPSA) is 139 Å². The van der Waals surface area contributed by atoms with Crippen molar-refractivity contribution >= 4 is 54.6 Å². The lowest BCUT2D eigenvalue weighted by atomic mass is 10.0. The summed E-state index contributed by atoms with van der Waals surface area (Å²) < 4.78 is 52.7. The summed E-state index contributed by atoms with van der Waals surface area (Å²) in [5.41, 5.74) is 5.71. The van der Waals surface area contributed by atoms with Crippen LogP contribution in [0.5, 0.6) is 0 Å². The van der Waals surface area contributed by atoms with Crippen LogP contribution in [0.15, 0.2) is 84.2 Å². The molecule has 2 N–H and O–H groups in total. The maximum atomic E-state index is 13.2. The van der Waals surface area contributed by atoms with Gasteiger partial charge in [0.05, 0.1) is 16.4 Å². The average Bonchev–Trinajstić information content (AvgIpc) is 3.68. The highest BCUT2D eigenvalue weighted by atomic mass is 32.2. The molecular formula is C40H50N6O6S3. The predicted molar refractivity (Wildman–Crippen MR) is 220 cm³/mol. The summed E-state index contributed by atoms with van der Waals surface area (Å²) in [4.78, 5) is 31.4. The van der Waals surface area contributed by atoms with Crippen LogP contribution in [0, 0.1) is 0 Å². The first-order valence-corrected chi connectivity index (χ1v) is 22.9. The highest BCUT2D eigenvalue weighted by Crippen LogP contribution is 2.28. The quantitative estimate of drug-likeness (QED) is 0.158. The number of thiophene rings is 1. The Morgan fingerprint density at radius 3 is 1.55 bits per heavy atom. The van der Waals surface area contributed by atoms with Gasteiger partial charge in [-0.05, 0) is 82.9 Å². The summed E-state index contributed by atoms with van der Waals surface area (Å²) >= 11 is 1.34. The number of anilines is 2. The molecule has 55 heavy (non-hydrogen) atoms. The van der Waals surface area contributed by atoms with Gasteiger partial charge in [0.1, 0.15) is 0 Å². The van der Waals surface area contributed by atoms with Crippen LogP contribution in [-0.2, 0) is 33.1 Å². The number of carbonyl (C=O) groups is 2. The van der Waals surface area contributed by atoms with E-state index < -0.39 is 20.0 Å². The molecule has 12 nitrogen and oxygen atoms in total. The molecule has 0 unspecified atom stereocenters. The molecule has 0 aliphatic carbocycles. The van der Waals surface area contributed by atoms with E-state index in [1.54, 1.807) is 14.7 Å². The van der Waals surface area contributed by atoms with Gasteiger partial charge < -0.3 is 10.6 Å². The molecule has 3 aromatic carbocycles. The molecule has 2 aliphatic heterocycles. The number of nitrogens with one attached hydrogen (secondary N) is 2. The first-order valence-electron chi connectivity index (χ1n) is 18.8. The fourth-order valence-corrected chi connectivity index (χ4v) is 10.7. The van der Waals surface area contributed by atoms with Gasteiger partial charge in [0.25, 0.3) is 11.8 Å². The Kier molecular flexibility index (Phi) is 13.6. The Hall–Kier alpha value is -3.96. The molecule has 2 aliphatic rings. The molecule has 2 fully saturated rings. The van der Waals surface area contributed by atoms with Crippen LogP contribution in [0.1, 0.15) is 57.8 Å². The highest BCUT2D eigenvalue weighted by molar-refractivity contribution is 7.89. The summed E-state index contributed by atoms with van der Waals surface area (Å²) in [6.07, 6.45) is 1.23. The van der Waals surface area contributed by atoms with Crippen molar-refractivity contribution in [1.29, 1.82) is 0 Å². The predicted octanol–water partition coefficient (Wildman–Crippen LogP) is 5.63. The van der Waals surface area contributed by atoms with E-state index in [4.69, 9.17) is 0 Å². The standard InChI is InChI=1S/C40H50N6O6S3/c1-3-24-54(49,50)45-20-16-43(17-21-45)28-31-8-12-36(13-9-31)41-39(47)34-7-5-6-33(26-34)35-27-38(53-30-35)40(48)42-37-14-10-32(11-15-37)29-44-18-22-46(23-19-44)55(51,52)25-4-2/h5-15,26-27,30H,3-4,16-25,28-29H2,1-2H3,(H,41,47)(H,42,48). The maximum Gasteiger partial charge on any atom is 0.265 e. The Balaban J connectivity index is 0.972. The monoisotopic (exact) mass is 806 g/mol. The molecular weight excluding hydrogens is 757 g/mol. The molecule has 0 radical (unpaired) electrons. The molecule has 0 spiro atoms. The molecule has 1 aromatic heterocycles. The average molecular weight is 807 g/mol. The van der Waals surface area contributed by atoms with Crippen LogP contribution < -0.4 is 10.6 Å². The fraction of sp³-hybridized carbons (Fsp3) is 0.400. The Morgan fingerprint density at radius 1 is 0.600 bits per heavy atom. The van der Waals surface area contributed by atoms with Crippen molar-refractivity contribution in [1.82, 2.24) is 18.4 Å². The zero-order valence-electron chi connectivity index (χ0n) is 31.4. The van der Waals surface area contributed by atoms with Gasteiger partial charge in [0, 0.05) is 82.4 Å². The van der Waals surface area contributed by atoms with Crippen molar-refractivity contribution in [3.05, 3.63) is 106 Å². The Bertz CT molecular complexity index is 2140. The molecule has 2 saturated heterocycles. The van der Waals surface area contributed by atoms with Crippen LogP contribution in [0.3, 0.4) is 0 Å². The number of benzene rings is 3. The molecule has 0 bridgehead atoms. The van der Waals surface area contributed by atoms with Gasteiger partial charge in [0.15, 0.2) is 0 Å². The van der Waals surface area contributed by atoms with E-state index in [0.717, 1.165) is 22.3 Å². The normalized spacial score (nSPS) is 16.5. The minimum absolute atomic E-state index is 0.190. The number of hydrogen-bond donors (Lipinski definition) is 2. The third-order valence-electron chi connectivity index (χ3n) is 9.89. The number of piperazine rings is 2. The van der Waals surface area contributed by atoms with Crippen LogP contribution in [0.2, 0.25) is 0 Å². The van der Waals surface area contributed by atoms with E-state index in [0.29, 0.717) is 100 Å². The summed E-state index contributed by atoms with van der Waals surface area (Å²) in [5, 5.41) is 7.86. The van der Waals surface area contributed by atoms with E-state index in [9.17, 15) is 26.4 Å². The minimum atomic E-state index is -3.17. The van der Waals surface area contributed by atoms with Crippen molar-refractivity contribution in [3.63, 3.8) is 0 Å². The first-order chi connectivity index (χ1) is 26.4. The smallest absolute Gasteiger partial charge is 0.265 e. The lowest BCUT2D eigenvalue weighted by Gasteiger charge is -2.34. The third-order valence-corrected chi connectivity index (χ3v) is 15.0. The van der Waals surface area contributed by atoms with Crippen molar-refractivity contribution in [2.24, 2.45) is 0 Å². The van der Waals surface area contributed by atoms with Gasteiger partial charge in [-0.25, -0.2) is 16.8 Å². The molecule has 0 saturated carbocycles. The summed E-state index contributed by atoms with van der Waals surface area (Å²) in [7, 11) is -6.34. The molecule has 3 heterocycles. The van der Waals surface area contributed by atoms with Crippen molar-refractivity contribution in [3.8, 4) is 11.1 Å². The second-order valence-electron chi connectivity index (χ2n) is 14.1. The van der Waals surface area contributed by atoms with Crippen molar-refractivity contribution < 1.29 is 26.4 Å². The van der Waals surface area contributed by atoms with Gasteiger partial charge in [-0.1, -0.05) is 50.2 Å². The van der Waals surface area contributed by atoms with E-state index >= 15 is 0 Å². The maximum absolute atomic E-state index is 13.2. The van der Waals surface area contributed by atoms with Crippen LogP contribution in [0.4, 0.5) is 11.4 Å². The zero-order chi connectivity index (χ0) is 39.0. The summed E-state index contributed by atoms with van der Waals surface area (Å²) in [6.45, 7) is 9.92. The molecule has 2 amide bonds. The Morgan fingerprint density at radius 2 is 1.07 bits per heavy atom. The largest absolute Gasteiger partial charge is 0.322 e. The second kappa shape index (κ2) is 18.3. The second-order valence-corrected chi connectivity index (χ2v) is 19.2. The van der Waals surface area contributed by atoms with E-state index in [1.807, 2.05) is 92.0 Å². The number of amides is 2. The molecule has 15 heteroatoms. The zero-order valence-corrected chi connectivity index (χ0v) is 33.9. The fourth-order valence-electron chi connectivity index (χ4n) is 6.85. The minimum Gasteiger partial charge on any atom is -0.322 e. The number of nitrogens with zero attached hydrogens (tertiary/aromatic N) is 4. The number of rotatable bonds is 15. The Labute approximate surface area is 329 Å². The molecule has 6 rings (SSSR count). The van der Waals surface area contributed by atoms with Gasteiger partial charge in [0.2, 0.25) is 20.0 Å². The van der Waals surface area contributed by atoms with E-state index in [-0.39, 0.29) is 23.3 Å². The molecule has 0 atom stereocenters. The van der Waals surface area contributed by atoms with Crippen molar-refractivity contribution in [2.75, 3.05) is 74.5 Å². The third kappa shape index (κ3) is 10.9. The molecule has 294 valence electrons. The van der Waals surface area contributed by atoms with Crippen LogP contribution in [-0.4, -0.2) is 111 Å². The SMILES string of the molecule is CCCS(=O)(=O)N1CCN(Cc2ccc(NC(=O)c3cccc(-c4csc(C(=O)Nc5ccc(CN6CCN(S(=O)(=O)CCC)CC6)cc5)c4)c3)cc2)CC1. The summed E-state index contributed by atoms with van der Waals surface area (Å²) in [5.74, 6) is -0.0714. The van der Waals surface area contributed by atoms with Crippen LogP contribution in [0.25, 0.3) is 11.1 Å². The van der Waals surface area contributed by atoms with E-state index in [1.165, 1.54) is 11.3 Å². The molecule has 4 aromatic rings. The summed E-state index contributed by atoms with van der Waals surface area (Å²) in [6, 6.07) is 24.6. The van der Waals surface area contributed by atoms with Gasteiger partial charge >= 0.3 is 0 Å². The van der Waals surface area contributed by atoms with Gasteiger partial charge in [-0.2, -0.15) is 8.61 Å². The lowest BCUT2D eigenvalue weighted by Crippen LogP contribution is -2.48. The number of sulfonamides is 2. The van der Waals surface area contributed by atoms with Gasteiger partial charge in [-0.3, -0.25) is 19.4 Å². The number of carbonyl (C=O) groups excluding carboxylic acids is 2. The van der Waals surface area contributed by atoms with Crippen molar-refractivity contribution in [2.45, 2.75) is 39.8 Å². The van der Waals surface area contributed by atoms with E-state index in [2.05, 4.69) is 20.4 Å². The van der Waals surface area contributed by atoms with Gasteiger partial charge in [-0.15, -0.1) is 11.3 Å². The lowest BCUT2D eigenvalue weighted by molar-refractivity contribution is 0.102. The highest BCUT2D eigenvalue weighted by Gasteiger charge is 2.27. The van der Waals surface area contributed by atoms with Crippen LogP contribution >= 0.6 is 11.3 Å². The number of hydrogen-bond acceptors (Lipinski definition) is 9.